The number of hydrogen-bond acceptors (Lipinski definition) is 1. The van der Waals surface area contributed by atoms with Gasteiger partial charge in [-0.2, -0.15) is 5.26 Å². The van der Waals surface area contributed by atoms with Gasteiger partial charge in [0.2, 0.25) is 0 Å². The van der Waals surface area contributed by atoms with Gasteiger partial charge >= 0.3 is 0 Å². The van der Waals surface area contributed by atoms with Gasteiger partial charge in [0, 0.05) is 24.4 Å². The third kappa shape index (κ3) is 2.08. The summed E-state index contributed by atoms with van der Waals surface area (Å²) in [6, 6.07) is 2.31. The second-order valence-corrected chi connectivity index (χ2v) is 4.55. The number of nitriles is 1. The average Bonchev–Trinajstić information content (AvgIpc) is 2.88. The molecule has 2 nitrogen and oxygen atoms in total. The van der Waals surface area contributed by atoms with E-state index >= 15 is 0 Å². The lowest BCUT2D eigenvalue weighted by Crippen LogP contribution is -1.94. The molecule has 0 saturated carbocycles. The molecule has 0 fully saturated rings. The van der Waals surface area contributed by atoms with Crippen LogP contribution < -0.4 is 0 Å². The van der Waals surface area contributed by atoms with Crippen LogP contribution in [0.15, 0.2) is 0 Å². The van der Waals surface area contributed by atoms with Crippen LogP contribution in [0.25, 0.3) is 0 Å². The van der Waals surface area contributed by atoms with E-state index in [1.165, 1.54) is 18.5 Å². The van der Waals surface area contributed by atoms with E-state index in [2.05, 4.69) is 29.4 Å². The minimum Gasteiger partial charge on any atom is -0.346 e. The van der Waals surface area contributed by atoms with Crippen molar-refractivity contribution in [3.8, 4) is 17.9 Å². The van der Waals surface area contributed by atoms with E-state index in [9.17, 15) is 5.26 Å². The molecule has 1 aromatic rings. The molecule has 0 saturated heterocycles. The maximum Gasteiger partial charge on any atom is 0.102 e. The van der Waals surface area contributed by atoms with Gasteiger partial charge in [-0.15, -0.1) is 0 Å². The van der Waals surface area contributed by atoms with Crippen LogP contribution in [0.3, 0.4) is 0 Å². The van der Waals surface area contributed by atoms with Crippen molar-refractivity contribution in [1.82, 2.24) is 4.57 Å². The number of nitrogens with zero attached hydrogens (tertiary/aromatic N) is 2. The summed E-state index contributed by atoms with van der Waals surface area (Å²) in [6.07, 6.45) is 5.51. The number of fused-ring (bicyclic) bond motifs is 1. The van der Waals surface area contributed by atoms with Gasteiger partial charge in [-0.3, -0.25) is 0 Å². The minimum absolute atomic E-state index is 0.795. The summed E-state index contributed by atoms with van der Waals surface area (Å²) in [6.45, 7) is 5.25. The van der Waals surface area contributed by atoms with Gasteiger partial charge in [0.1, 0.15) is 6.07 Å². The summed E-state index contributed by atoms with van der Waals surface area (Å²) in [5, 5.41) is 9.23. The lowest BCUT2D eigenvalue weighted by molar-refractivity contribution is 0.728. The van der Waals surface area contributed by atoms with Gasteiger partial charge in [-0.25, -0.2) is 0 Å². The van der Waals surface area contributed by atoms with Crippen molar-refractivity contribution in [3.63, 3.8) is 0 Å². The quantitative estimate of drug-likeness (QED) is 0.562. The Morgan fingerprint density at radius 2 is 2.18 bits per heavy atom. The van der Waals surface area contributed by atoms with Gasteiger partial charge in [0.05, 0.1) is 11.1 Å². The molecule has 88 valence electrons. The summed E-state index contributed by atoms with van der Waals surface area (Å²) in [4.78, 5) is 0. The predicted molar refractivity (Wildman–Crippen MR) is 68.6 cm³/mol. The molecule has 1 aliphatic rings. The Morgan fingerprint density at radius 1 is 1.35 bits per heavy atom. The third-order valence-corrected chi connectivity index (χ3v) is 3.41. The predicted octanol–water partition coefficient (Wildman–Crippen LogP) is 3.16. The van der Waals surface area contributed by atoms with Crippen molar-refractivity contribution in [2.75, 3.05) is 0 Å². The largest absolute Gasteiger partial charge is 0.346 e. The molecule has 0 atom stereocenters. The molecule has 17 heavy (non-hydrogen) atoms. The van der Waals surface area contributed by atoms with Crippen molar-refractivity contribution >= 4 is 0 Å². The number of aromatic nitrogens is 1. The van der Waals surface area contributed by atoms with E-state index < -0.39 is 0 Å². The molecule has 0 spiro atoms. The maximum atomic E-state index is 9.23. The van der Waals surface area contributed by atoms with Gasteiger partial charge in [-0.05, 0) is 26.2 Å². The van der Waals surface area contributed by atoms with Gasteiger partial charge < -0.3 is 4.57 Å². The van der Waals surface area contributed by atoms with Gasteiger partial charge in [0.15, 0.2) is 0 Å². The topological polar surface area (TPSA) is 28.7 Å². The molecule has 0 bridgehead atoms. The van der Waals surface area contributed by atoms with Gasteiger partial charge in [-0.1, -0.05) is 25.2 Å². The summed E-state index contributed by atoms with van der Waals surface area (Å²) in [7, 11) is 0. The standard InChI is InChI=1S/C15H18N2/c1-3-4-5-6-8-13-14(11-16)12(2)17-10-7-9-15(13)17/h3-5,7,9-10H2,1-2H3. The first kappa shape index (κ1) is 11.8. The molecule has 1 aromatic heterocycles. The maximum absolute atomic E-state index is 9.23. The van der Waals surface area contributed by atoms with Crippen molar-refractivity contribution in [2.45, 2.75) is 52.5 Å². The Morgan fingerprint density at radius 3 is 2.88 bits per heavy atom. The van der Waals surface area contributed by atoms with E-state index in [4.69, 9.17) is 0 Å². The van der Waals surface area contributed by atoms with Crippen LogP contribution in [0.4, 0.5) is 0 Å². The summed E-state index contributed by atoms with van der Waals surface area (Å²) < 4.78 is 2.27. The molecule has 1 aliphatic heterocycles. The van der Waals surface area contributed by atoms with E-state index in [-0.39, 0.29) is 0 Å². The Hall–Kier alpha value is -1.67. The van der Waals surface area contributed by atoms with Gasteiger partial charge in [0.25, 0.3) is 0 Å². The molecule has 0 N–H and O–H groups in total. The SMILES string of the molecule is CCCCC#Cc1c(C#N)c(C)n2c1CCC2. The smallest absolute Gasteiger partial charge is 0.102 e. The minimum atomic E-state index is 0.795. The van der Waals surface area contributed by atoms with Crippen LogP contribution in [-0.4, -0.2) is 4.57 Å². The molecule has 0 aliphatic carbocycles. The van der Waals surface area contributed by atoms with E-state index in [0.29, 0.717) is 0 Å². The van der Waals surface area contributed by atoms with E-state index in [1.807, 2.05) is 6.92 Å². The zero-order valence-corrected chi connectivity index (χ0v) is 10.6. The summed E-state index contributed by atoms with van der Waals surface area (Å²) in [5.41, 5.74) is 4.17. The second kappa shape index (κ2) is 5.11. The Bertz CT molecular complexity index is 518. The lowest BCUT2D eigenvalue weighted by atomic mass is 10.1. The fourth-order valence-corrected chi connectivity index (χ4v) is 2.45. The third-order valence-electron chi connectivity index (χ3n) is 3.41. The lowest BCUT2D eigenvalue weighted by Gasteiger charge is -1.98. The molecule has 0 unspecified atom stereocenters. The molecular formula is C15H18N2. The zero-order valence-electron chi connectivity index (χ0n) is 10.6. The first-order chi connectivity index (χ1) is 8.29. The van der Waals surface area contributed by atoms with Crippen LogP contribution >= 0.6 is 0 Å². The average molecular weight is 226 g/mol. The normalized spacial score (nSPS) is 12.8. The molecule has 0 amide bonds. The van der Waals surface area contributed by atoms with Crippen LogP contribution in [0.2, 0.25) is 0 Å². The van der Waals surface area contributed by atoms with Crippen LogP contribution in [0.1, 0.15) is 55.1 Å². The first-order valence-corrected chi connectivity index (χ1v) is 6.40. The molecule has 2 heteroatoms. The van der Waals surface area contributed by atoms with Crippen molar-refractivity contribution < 1.29 is 0 Å². The highest BCUT2D eigenvalue weighted by molar-refractivity contribution is 5.56. The summed E-state index contributed by atoms with van der Waals surface area (Å²) in [5.74, 6) is 6.43. The molecule has 2 rings (SSSR count). The zero-order chi connectivity index (χ0) is 12.3. The van der Waals surface area contributed by atoms with Crippen molar-refractivity contribution in [3.05, 3.63) is 22.5 Å². The van der Waals surface area contributed by atoms with E-state index in [1.54, 1.807) is 0 Å². The van der Waals surface area contributed by atoms with Crippen molar-refractivity contribution in [1.29, 1.82) is 5.26 Å². The van der Waals surface area contributed by atoms with Crippen LogP contribution in [0, 0.1) is 30.1 Å². The Balaban J connectivity index is 2.35. The molecule has 2 heterocycles. The Kier molecular flexibility index (Phi) is 3.55. The van der Waals surface area contributed by atoms with Crippen molar-refractivity contribution in [2.24, 2.45) is 0 Å². The van der Waals surface area contributed by atoms with Crippen LogP contribution in [0.5, 0.6) is 0 Å². The fraction of sp³-hybridized carbons (Fsp3) is 0.533. The monoisotopic (exact) mass is 226 g/mol. The second-order valence-electron chi connectivity index (χ2n) is 4.55. The first-order valence-electron chi connectivity index (χ1n) is 6.40. The van der Waals surface area contributed by atoms with Crippen LogP contribution in [-0.2, 0) is 13.0 Å². The Labute approximate surface area is 103 Å². The highest BCUT2D eigenvalue weighted by atomic mass is 15.0. The molecule has 0 aromatic carbocycles. The number of rotatable bonds is 2. The fourth-order valence-electron chi connectivity index (χ4n) is 2.45. The number of unbranched alkanes of at least 4 members (excludes halogenated alkanes) is 2. The molecule has 0 radical (unpaired) electrons. The molecular weight excluding hydrogens is 208 g/mol. The number of hydrogen-bond donors (Lipinski definition) is 0. The summed E-state index contributed by atoms with van der Waals surface area (Å²) >= 11 is 0. The van der Waals surface area contributed by atoms with E-state index in [0.717, 1.165) is 42.6 Å². The highest BCUT2D eigenvalue weighted by Crippen LogP contribution is 2.27. The highest BCUT2D eigenvalue weighted by Gasteiger charge is 2.22.